The van der Waals surface area contributed by atoms with E-state index in [1.54, 1.807) is 6.07 Å². The first-order valence-corrected chi connectivity index (χ1v) is 6.37. The maximum absolute atomic E-state index is 9.75. The van der Waals surface area contributed by atoms with Crippen molar-refractivity contribution in [2.24, 2.45) is 0 Å². The maximum Gasteiger partial charge on any atom is 0.673 e. The minimum absolute atomic E-state index is 0.336. The largest absolute Gasteiger partial charge is 0.673 e. The molecule has 9 heteroatoms. The van der Waals surface area contributed by atoms with E-state index in [-0.39, 0.29) is 0 Å². The van der Waals surface area contributed by atoms with Gasteiger partial charge in [-0.1, -0.05) is 25.4 Å². The first kappa shape index (κ1) is 18.2. The lowest BCUT2D eigenvalue weighted by atomic mass is 10.00. The van der Waals surface area contributed by atoms with Crippen LogP contribution in [0.25, 0.3) is 4.98 Å². The molecule has 1 rings (SSSR count). The third-order valence-electron chi connectivity index (χ3n) is 2.16. The number of hydrogen-bond donors (Lipinski definition) is 0. The van der Waals surface area contributed by atoms with E-state index in [9.17, 15) is 17.3 Å². The second-order valence-electron chi connectivity index (χ2n) is 3.98. The molecule has 19 heavy (non-hydrogen) atoms. The molecule has 1 aromatic carbocycles. The lowest BCUT2D eigenvalue weighted by Gasteiger charge is -2.11. The SMILES string of the molecule is Cc1c([N+]#N)cc(Cl)c(C(C)C)c1Br.F[B-](F)(F)F. The number of hydrogen-bond acceptors (Lipinski definition) is 1. The van der Waals surface area contributed by atoms with Gasteiger partial charge in [0.2, 0.25) is 5.39 Å². The van der Waals surface area contributed by atoms with E-state index < -0.39 is 7.25 Å². The minimum Gasteiger partial charge on any atom is -0.418 e. The van der Waals surface area contributed by atoms with Gasteiger partial charge in [0.1, 0.15) is 0 Å². The summed E-state index contributed by atoms with van der Waals surface area (Å²) in [7, 11) is -6.00. The summed E-state index contributed by atoms with van der Waals surface area (Å²) < 4.78 is 39.9. The van der Waals surface area contributed by atoms with Crippen LogP contribution in [0.15, 0.2) is 10.5 Å². The number of nitrogens with zero attached hydrogens (tertiary/aromatic N) is 2. The van der Waals surface area contributed by atoms with Crippen LogP contribution in [0.1, 0.15) is 30.9 Å². The van der Waals surface area contributed by atoms with Gasteiger partial charge in [0, 0.05) is 4.47 Å². The summed E-state index contributed by atoms with van der Waals surface area (Å²) in [4.78, 5) is 3.18. The highest BCUT2D eigenvalue weighted by Crippen LogP contribution is 2.39. The fourth-order valence-electron chi connectivity index (χ4n) is 1.36. The number of halogens is 6. The Kier molecular flexibility index (Phi) is 6.80. The fourth-order valence-corrected chi connectivity index (χ4v) is 2.76. The second kappa shape index (κ2) is 7.10. The molecule has 0 heterocycles. The molecule has 0 aliphatic carbocycles. The average Bonchev–Trinajstić information content (AvgIpc) is 2.20. The molecule has 0 saturated heterocycles. The summed E-state index contributed by atoms with van der Waals surface area (Å²) in [5.41, 5.74) is 2.46. The molecular formula is C10H11BBrClF4N2. The van der Waals surface area contributed by atoms with Crippen LogP contribution in [0.2, 0.25) is 5.02 Å². The van der Waals surface area contributed by atoms with Crippen molar-refractivity contribution in [1.82, 2.24) is 0 Å². The second-order valence-corrected chi connectivity index (χ2v) is 5.18. The van der Waals surface area contributed by atoms with E-state index in [1.807, 2.05) is 6.92 Å². The van der Waals surface area contributed by atoms with Gasteiger partial charge in [-0.15, -0.1) is 0 Å². The first-order chi connectivity index (χ1) is 8.49. The number of benzene rings is 1. The Balaban J connectivity index is 0.000000555. The van der Waals surface area contributed by atoms with Crippen molar-refractivity contribution in [3.63, 3.8) is 0 Å². The van der Waals surface area contributed by atoms with Crippen molar-refractivity contribution in [2.75, 3.05) is 0 Å². The first-order valence-electron chi connectivity index (χ1n) is 5.20. The van der Waals surface area contributed by atoms with Crippen LogP contribution in [0.4, 0.5) is 23.0 Å². The van der Waals surface area contributed by atoms with Gasteiger partial charge in [-0.2, -0.15) is 0 Å². The monoisotopic (exact) mass is 360 g/mol. The van der Waals surface area contributed by atoms with Crippen molar-refractivity contribution in [2.45, 2.75) is 26.7 Å². The van der Waals surface area contributed by atoms with Gasteiger partial charge in [0.25, 0.3) is 0 Å². The van der Waals surface area contributed by atoms with Crippen molar-refractivity contribution >= 4 is 40.5 Å². The van der Waals surface area contributed by atoms with Crippen molar-refractivity contribution in [3.8, 4) is 0 Å². The topological polar surface area (TPSA) is 28.1 Å². The Morgan fingerprint density at radius 2 is 1.74 bits per heavy atom. The highest BCUT2D eigenvalue weighted by Gasteiger charge is 2.21. The van der Waals surface area contributed by atoms with E-state index >= 15 is 0 Å². The number of rotatable bonds is 1. The van der Waals surface area contributed by atoms with Crippen molar-refractivity contribution < 1.29 is 17.3 Å². The van der Waals surface area contributed by atoms with Gasteiger partial charge in [-0.3, -0.25) is 0 Å². The normalized spacial score (nSPS) is 10.8. The lowest BCUT2D eigenvalue weighted by molar-refractivity contribution is 0.368. The van der Waals surface area contributed by atoms with E-state index in [4.69, 9.17) is 17.0 Å². The molecule has 2 nitrogen and oxygen atoms in total. The van der Waals surface area contributed by atoms with Gasteiger partial charge < -0.3 is 17.3 Å². The minimum atomic E-state index is -6.00. The molecule has 106 valence electrons. The smallest absolute Gasteiger partial charge is 0.418 e. The van der Waals surface area contributed by atoms with Crippen molar-refractivity contribution in [3.05, 3.63) is 31.7 Å². The van der Waals surface area contributed by atoms with Gasteiger partial charge in [-0.25, -0.2) is 0 Å². The standard InChI is InChI=1S/C10H11BrClN2.BF4/c1-5(2)9-7(12)4-8(14-13)6(3)10(9)11;2-1(3,4)5/h4-5H,1-3H3;/q+1;-1. The van der Waals surface area contributed by atoms with E-state index in [2.05, 4.69) is 34.8 Å². The zero-order valence-corrected chi connectivity index (χ0v) is 12.7. The zero-order valence-electron chi connectivity index (χ0n) is 10.4. The van der Waals surface area contributed by atoms with Gasteiger partial charge in [-0.05, 0) is 34.3 Å². The highest BCUT2D eigenvalue weighted by molar-refractivity contribution is 9.10. The summed E-state index contributed by atoms with van der Waals surface area (Å²) in [6, 6.07) is 1.68. The average molecular weight is 361 g/mol. The molecule has 0 unspecified atom stereocenters. The van der Waals surface area contributed by atoms with Gasteiger partial charge in [0.15, 0.2) is 4.98 Å². The molecule has 0 atom stereocenters. The predicted molar refractivity (Wildman–Crippen MR) is 72.9 cm³/mol. The lowest BCUT2D eigenvalue weighted by Crippen LogP contribution is -2.02. The zero-order chi connectivity index (χ0) is 15.4. The van der Waals surface area contributed by atoms with E-state index in [0.717, 1.165) is 15.6 Å². The van der Waals surface area contributed by atoms with E-state index in [0.29, 0.717) is 16.6 Å². The molecule has 0 fully saturated rings. The summed E-state index contributed by atoms with van der Waals surface area (Å²) in [5.74, 6) is 0.336. The van der Waals surface area contributed by atoms with Gasteiger partial charge in [0.05, 0.1) is 16.7 Å². The van der Waals surface area contributed by atoms with E-state index in [1.165, 1.54) is 0 Å². The summed E-state index contributed by atoms with van der Waals surface area (Å²) in [6.45, 7) is 6.03. The Bertz CT molecular complexity index is 494. The molecular weight excluding hydrogens is 350 g/mol. The molecule has 0 aromatic heterocycles. The van der Waals surface area contributed by atoms with Crippen LogP contribution in [0.5, 0.6) is 0 Å². The fraction of sp³-hybridized carbons (Fsp3) is 0.400. The molecule has 0 bridgehead atoms. The predicted octanol–water partition coefficient (Wildman–Crippen LogP) is 6.32. The summed E-state index contributed by atoms with van der Waals surface area (Å²) in [6.07, 6.45) is 0. The molecule has 0 spiro atoms. The van der Waals surface area contributed by atoms with Crippen LogP contribution in [0, 0.1) is 12.3 Å². The summed E-state index contributed by atoms with van der Waals surface area (Å²) >= 11 is 9.55. The Labute approximate surface area is 122 Å². The molecule has 0 aliphatic rings. The van der Waals surface area contributed by atoms with Crippen LogP contribution in [-0.4, -0.2) is 7.25 Å². The van der Waals surface area contributed by atoms with Crippen LogP contribution < -0.4 is 0 Å². The molecule has 0 saturated carbocycles. The Hall–Kier alpha value is -0.805. The van der Waals surface area contributed by atoms with Gasteiger partial charge >= 0.3 is 12.9 Å². The van der Waals surface area contributed by atoms with Crippen LogP contribution in [0.3, 0.4) is 0 Å². The third kappa shape index (κ3) is 6.25. The highest BCUT2D eigenvalue weighted by atomic mass is 79.9. The van der Waals surface area contributed by atoms with Crippen LogP contribution >= 0.6 is 27.5 Å². The third-order valence-corrected chi connectivity index (χ3v) is 3.49. The number of diazo groups is 1. The molecule has 1 aromatic rings. The molecule has 0 radical (unpaired) electrons. The van der Waals surface area contributed by atoms with Crippen LogP contribution in [-0.2, 0) is 0 Å². The Morgan fingerprint density at radius 3 is 2.05 bits per heavy atom. The van der Waals surface area contributed by atoms with Crippen molar-refractivity contribution in [1.29, 1.82) is 5.39 Å². The molecule has 0 aliphatic heterocycles. The molecule has 0 N–H and O–H groups in total. The molecule has 0 amide bonds. The quantitative estimate of drug-likeness (QED) is 0.327. The maximum atomic E-state index is 9.75. The summed E-state index contributed by atoms with van der Waals surface area (Å²) in [5, 5.41) is 9.37. The Morgan fingerprint density at radius 1 is 1.32 bits per heavy atom.